The van der Waals surface area contributed by atoms with Gasteiger partial charge in [0.2, 0.25) is 0 Å². The van der Waals surface area contributed by atoms with Crippen molar-refractivity contribution in [2.45, 2.75) is 32.1 Å². The van der Waals surface area contributed by atoms with Gasteiger partial charge >= 0.3 is 0 Å². The normalized spacial score (nSPS) is 17.4. The molecule has 2 heterocycles. The van der Waals surface area contributed by atoms with Crippen LogP contribution < -0.4 is 4.90 Å². The summed E-state index contributed by atoms with van der Waals surface area (Å²) in [4.78, 5) is 13.0. The van der Waals surface area contributed by atoms with Crippen molar-refractivity contribution in [3.8, 4) is 0 Å². The lowest BCUT2D eigenvalue weighted by Crippen LogP contribution is -2.29. The van der Waals surface area contributed by atoms with Gasteiger partial charge in [0.25, 0.3) is 0 Å². The Hall–Kier alpha value is -1.16. The maximum atomic E-state index is 4.26. The van der Waals surface area contributed by atoms with Crippen LogP contribution in [0.4, 0.5) is 5.82 Å². The van der Waals surface area contributed by atoms with Gasteiger partial charge in [-0.3, -0.25) is 0 Å². The largest absolute Gasteiger partial charge is 0.360 e. The van der Waals surface area contributed by atoms with Crippen LogP contribution in [-0.4, -0.2) is 48.1 Å². The summed E-state index contributed by atoms with van der Waals surface area (Å²) in [5.74, 6) is 1.01. The summed E-state index contributed by atoms with van der Waals surface area (Å²) in [6.45, 7) is 4.86. The molecule has 0 amide bonds. The predicted octanol–water partition coefficient (Wildman–Crippen LogP) is 2.18. The summed E-state index contributed by atoms with van der Waals surface area (Å²) in [6.07, 6.45) is 10.2. The number of rotatable bonds is 5. The van der Waals surface area contributed by atoms with Crippen LogP contribution in [0, 0.1) is 0 Å². The fourth-order valence-electron chi connectivity index (χ4n) is 2.52. The Kier molecular flexibility index (Phi) is 5.39. The number of likely N-dealkylation sites (tertiary alicyclic amines) is 1. The first-order valence-electron chi connectivity index (χ1n) is 7.06. The minimum absolute atomic E-state index is 1.01. The van der Waals surface area contributed by atoms with Gasteiger partial charge in [0, 0.05) is 19.8 Å². The third-order valence-electron chi connectivity index (χ3n) is 3.62. The van der Waals surface area contributed by atoms with Gasteiger partial charge < -0.3 is 9.80 Å². The van der Waals surface area contributed by atoms with Crippen molar-refractivity contribution >= 4 is 5.82 Å². The van der Waals surface area contributed by atoms with Crippen LogP contribution in [-0.2, 0) is 0 Å². The van der Waals surface area contributed by atoms with E-state index in [1.807, 2.05) is 6.07 Å². The molecule has 1 aromatic heterocycles. The second-order valence-corrected chi connectivity index (χ2v) is 5.10. The van der Waals surface area contributed by atoms with E-state index in [2.05, 4.69) is 26.8 Å². The molecule has 1 aromatic rings. The van der Waals surface area contributed by atoms with Crippen LogP contribution in [0.3, 0.4) is 0 Å². The second-order valence-electron chi connectivity index (χ2n) is 5.10. The fraction of sp³-hybridized carbons (Fsp3) is 0.714. The summed E-state index contributed by atoms with van der Waals surface area (Å²) < 4.78 is 0. The van der Waals surface area contributed by atoms with E-state index in [0.717, 1.165) is 12.4 Å². The molecule has 100 valence electrons. The van der Waals surface area contributed by atoms with Crippen LogP contribution >= 0.6 is 0 Å². The lowest BCUT2D eigenvalue weighted by molar-refractivity contribution is 0.283. The molecular weight excluding hydrogens is 224 g/mol. The van der Waals surface area contributed by atoms with Crippen molar-refractivity contribution in [3.63, 3.8) is 0 Å². The van der Waals surface area contributed by atoms with E-state index in [4.69, 9.17) is 0 Å². The Bertz CT molecular complexity index is 320. The molecule has 18 heavy (non-hydrogen) atoms. The quantitative estimate of drug-likeness (QED) is 0.799. The van der Waals surface area contributed by atoms with E-state index in [1.165, 1.54) is 51.7 Å². The van der Waals surface area contributed by atoms with Gasteiger partial charge in [-0.05, 0) is 45.0 Å². The highest BCUT2D eigenvalue weighted by Gasteiger charge is 2.09. The molecule has 1 aliphatic heterocycles. The van der Waals surface area contributed by atoms with Gasteiger partial charge in [-0.1, -0.05) is 12.8 Å². The van der Waals surface area contributed by atoms with Crippen LogP contribution in [0.25, 0.3) is 0 Å². The Morgan fingerprint density at radius 3 is 2.67 bits per heavy atom. The summed E-state index contributed by atoms with van der Waals surface area (Å²) >= 11 is 0. The SMILES string of the molecule is CN(CCCN1CCCCCC1)c1ccncn1. The number of nitrogens with zero attached hydrogens (tertiary/aromatic N) is 4. The van der Waals surface area contributed by atoms with E-state index in [0.29, 0.717) is 0 Å². The average Bonchev–Trinajstić information content (AvgIpc) is 2.68. The van der Waals surface area contributed by atoms with Crippen LogP contribution in [0.5, 0.6) is 0 Å². The standard InChI is InChI=1S/C14H24N4/c1-17(14-7-8-15-13-16-14)9-6-12-18-10-4-2-3-5-11-18/h7-8,13H,2-6,9-12H2,1H3. The third-order valence-corrected chi connectivity index (χ3v) is 3.62. The van der Waals surface area contributed by atoms with Crippen LogP contribution in [0.1, 0.15) is 32.1 Å². The van der Waals surface area contributed by atoms with Crippen LogP contribution in [0.2, 0.25) is 0 Å². The lowest BCUT2D eigenvalue weighted by atomic mass is 10.2. The van der Waals surface area contributed by atoms with Gasteiger partial charge in [0.05, 0.1) is 0 Å². The Labute approximate surface area is 110 Å². The highest BCUT2D eigenvalue weighted by atomic mass is 15.2. The first-order chi connectivity index (χ1) is 8.86. The fourth-order valence-corrected chi connectivity index (χ4v) is 2.52. The summed E-state index contributed by atoms with van der Waals surface area (Å²) in [7, 11) is 2.10. The molecule has 0 aromatic carbocycles. The molecule has 0 aliphatic carbocycles. The van der Waals surface area contributed by atoms with Crippen LogP contribution in [0.15, 0.2) is 18.6 Å². The zero-order valence-corrected chi connectivity index (χ0v) is 11.4. The average molecular weight is 248 g/mol. The maximum Gasteiger partial charge on any atom is 0.131 e. The molecule has 4 nitrogen and oxygen atoms in total. The van der Waals surface area contributed by atoms with Crippen molar-refractivity contribution in [1.29, 1.82) is 0 Å². The first kappa shape index (κ1) is 13.3. The highest BCUT2D eigenvalue weighted by molar-refractivity contribution is 5.34. The summed E-state index contributed by atoms with van der Waals surface area (Å²) in [6, 6.07) is 1.96. The van der Waals surface area contributed by atoms with Crippen molar-refractivity contribution in [3.05, 3.63) is 18.6 Å². The number of aromatic nitrogens is 2. The predicted molar refractivity (Wildman–Crippen MR) is 74.8 cm³/mol. The van der Waals surface area contributed by atoms with E-state index < -0.39 is 0 Å². The maximum absolute atomic E-state index is 4.26. The van der Waals surface area contributed by atoms with Gasteiger partial charge in [0.15, 0.2) is 0 Å². The molecule has 2 rings (SSSR count). The molecule has 0 saturated carbocycles. The Balaban J connectivity index is 1.68. The molecule has 0 radical (unpaired) electrons. The van der Waals surface area contributed by atoms with Crippen molar-refractivity contribution in [1.82, 2.24) is 14.9 Å². The van der Waals surface area contributed by atoms with E-state index in [1.54, 1.807) is 12.5 Å². The van der Waals surface area contributed by atoms with Gasteiger partial charge in [-0.15, -0.1) is 0 Å². The third kappa shape index (κ3) is 4.26. The van der Waals surface area contributed by atoms with Gasteiger partial charge in [-0.2, -0.15) is 0 Å². The van der Waals surface area contributed by atoms with Gasteiger partial charge in [0.1, 0.15) is 12.1 Å². The Morgan fingerprint density at radius 1 is 1.22 bits per heavy atom. The lowest BCUT2D eigenvalue weighted by Gasteiger charge is -2.22. The number of anilines is 1. The van der Waals surface area contributed by atoms with Crippen molar-refractivity contribution < 1.29 is 0 Å². The monoisotopic (exact) mass is 248 g/mol. The minimum Gasteiger partial charge on any atom is -0.360 e. The molecule has 0 unspecified atom stereocenters. The molecule has 1 saturated heterocycles. The molecule has 1 aliphatic rings. The number of hydrogen-bond donors (Lipinski definition) is 0. The first-order valence-corrected chi connectivity index (χ1v) is 7.06. The number of hydrogen-bond acceptors (Lipinski definition) is 4. The van der Waals surface area contributed by atoms with E-state index in [-0.39, 0.29) is 0 Å². The topological polar surface area (TPSA) is 32.3 Å². The van der Waals surface area contributed by atoms with Crippen molar-refractivity contribution in [2.24, 2.45) is 0 Å². The zero-order chi connectivity index (χ0) is 12.6. The molecule has 0 spiro atoms. The molecule has 4 heteroatoms. The highest BCUT2D eigenvalue weighted by Crippen LogP contribution is 2.11. The smallest absolute Gasteiger partial charge is 0.131 e. The van der Waals surface area contributed by atoms with Gasteiger partial charge in [-0.25, -0.2) is 9.97 Å². The minimum atomic E-state index is 1.01. The summed E-state index contributed by atoms with van der Waals surface area (Å²) in [5.41, 5.74) is 0. The molecule has 0 N–H and O–H groups in total. The molecule has 0 atom stereocenters. The molecular formula is C14H24N4. The molecule has 1 fully saturated rings. The van der Waals surface area contributed by atoms with Crippen molar-refractivity contribution in [2.75, 3.05) is 38.1 Å². The zero-order valence-electron chi connectivity index (χ0n) is 11.4. The summed E-state index contributed by atoms with van der Waals surface area (Å²) in [5, 5.41) is 0. The Morgan fingerprint density at radius 2 is 2.00 bits per heavy atom. The molecule has 0 bridgehead atoms. The van der Waals surface area contributed by atoms with E-state index in [9.17, 15) is 0 Å². The van der Waals surface area contributed by atoms with E-state index >= 15 is 0 Å². The second kappa shape index (κ2) is 7.31.